The lowest BCUT2D eigenvalue weighted by Gasteiger charge is -2.65. The molecular weight excluding hydrogens is 578 g/mol. The van der Waals surface area contributed by atoms with Gasteiger partial charge in [0.15, 0.2) is 11.9 Å². The van der Waals surface area contributed by atoms with E-state index in [0.717, 1.165) is 63.7 Å². The molecule has 4 N–H and O–H groups in total. The highest BCUT2D eigenvalue weighted by Gasteiger charge is 2.65. The third kappa shape index (κ3) is 5.49. The number of carboxylic acids is 2. The van der Waals surface area contributed by atoms with Crippen LogP contribution in [0.2, 0.25) is 0 Å². The van der Waals surface area contributed by atoms with Gasteiger partial charge >= 0.3 is 11.9 Å². The fraction of sp³-hybridized carbons (Fsp3) is 0.857. The number of ether oxygens (including phenoxy) is 1. The molecule has 246 valence electrons. The molecule has 0 bridgehead atoms. The van der Waals surface area contributed by atoms with Crippen LogP contribution in [0.1, 0.15) is 98.3 Å². The van der Waals surface area contributed by atoms with Crippen LogP contribution in [0, 0.1) is 51.8 Å². The predicted octanol–water partition coefficient (Wildman–Crippen LogP) is 5.52. The Morgan fingerprint density at radius 3 is 2.41 bits per heavy atom. The standard InChI is InChI=1S/C35H53NO7S/c1-19-23-7-11-35(4)24-6-10-33(2)9-5-20(31(39)40)15-25(33)22(24)18-27(38)30(35)34(23,3)12-8-26(19)36-13-14-44-29-17-21(37)16-28(43-29)32(41)42/h18-21,23-26,28-30,36-37H,5-17H2,1-4H3,(H,39,40)(H,41,42). The van der Waals surface area contributed by atoms with Crippen molar-refractivity contribution in [2.24, 2.45) is 51.8 Å². The van der Waals surface area contributed by atoms with Gasteiger partial charge in [0.2, 0.25) is 0 Å². The second-order valence-corrected chi connectivity index (χ2v) is 17.4. The highest BCUT2D eigenvalue weighted by molar-refractivity contribution is 7.99. The molecule has 8 nitrogen and oxygen atoms in total. The van der Waals surface area contributed by atoms with Crippen LogP contribution < -0.4 is 5.32 Å². The van der Waals surface area contributed by atoms with E-state index in [-0.39, 0.29) is 45.9 Å². The molecule has 1 heterocycles. The van der Waals surface area contributed by atoms with Gasteiger partial charge in [0, 0.05) is 37.1 Å². The lowest BCUT2D eigenvalue weighted by molar-refractivity contribution is -0.161. The van der Waals surface area contributed by atoms with E-state index in [1.165, 1.54) is 5.57 Å². The van der Waals surface area contributed by atoms with E-state index < -0.39 is 24.1 Å². The SMILES string of the molecule is CC1C(NCCSC2CC(O)CC(C(=O)O)O2)CCC2(C)C1CCC1(C)C3CCC4(C)CCC(C(=O)O)CC4C3=CC(=O)C12. The largest absolute Gasteiger partial charge is 0.481 e. The fourth-order valence-corrected chi connectivity index (χ4v) is 12.5. The summed E-state index contributed by atoms with van der Waals surface area (Å²) in [6, 6.07) is 0.373. The van der Waals surface area contributed by atoms with Crippen molar-refractivity contribution in [1.29, 1.82) is 0 Å². The molecule has 13 atom stereocenters. The lowest BCUT2D eigenvalue weighted by Crippen LogP contribution is -2.63. The van der Waals surface area contributed by atoms with Gasteiger partial charge in [-0.05, 0) is 104 Å². The Bertz CT molecular complexity index is 1190. The molecule has 0 amide bonds. The lowest BCUT2D eigenvalue weighted by atomic mass is 9.38. The van der Waals surface area contributed by atoms with Crippen molar-refractivity contribution >= 4 is 29.5 Å². The summed E-state index contributed by atoms with van der Waals surface area (Å²) in [4.78, 5) is 37.6. The summed E-state index contributed by atoms with van der Waals surface area (Å²) >= 11 is 1.58. The molecule has 0 aromatic rings. The topological polar surface area (TPSA) is 133 Å². The average molecular weight is 632 g/mol. The van der Waals surface area contributed by atoms with Crippen LogP contribution in [-0.2, 0) is 19.1 Å². The van der Waals surface area contributed by atoms with E-state index in [2.05, 4.69) is 33.0 Å². The fourth-order valence-electron chi connectivity index (χ4n) is 11.5. The Kier molecular flexibility index (Phi) is 8.86. The summed E-state index contributed by atoms with van der Waals surface area (Å²) in [5, 5.41) is 33.0. The van der Waals surface area contributed by atoms with Crippen LogP contribution in [0.15, 0.2) is 11.6 Å². The smallest absolute Gasteiger partial charge is 0.332 e. The second-order valence-electron chi connectivity index (χ2n) is 16.1. The molecular formula is C35H53NO7S. The molecule has 44 heavy (non-hydrogen) atoms. The molecule has 13 unspecified atom stereocenters. The second kappa shape index (κ2) is 12.0. The Balaban J connectivity index is 1.12. The molecule has 5 fully saturated rings. The van der Waals surface area contributed by atoms with E-state index in [1.807, 2.05) is 6.08 Å². The van der Waals surface area contributed by atoms with Crippen LogP contribution in [0.3, 0.4) is 0 Å². The third-order valence-electron chi connectivity index (χ3n) is 13.8. The summed E-state index contributed by atoms with van der Waals surface area (Å²) in [5.74, 6) is 0.593. The minimum absolute atomic E-state index is 0.0155. The molecule has 5 aliphatic carbocycles. The molecule has 0 aromatic carbocycles. The van der Waals surface area contributed by atoms with Gasteiger partial charge < -0.3 is 25.4 Å². The van der Waals surface area contributed by atoms with Crippen molar-refractivity contribution in [3.8, 4) is 0 Å². The number of carboxylic acid groups (broad SMARTS) is 2. The molecule has 0 radical (unpaired) electrons. The normalized spacial score (nSPS) is 48.7. The Hall–Kier alpha value is -1.42. The highest BCUT2D eigenvalue weighted by atomic mass is 32.2. The van der Waals surface area contributed by atoms with Gasteiger partial charge in [0.25, 0.3) is 0 Å². The maximum Gasteiger partial charge on any atom is 0.332 e. The van der Waals surface area contributed by atoms with Crippen molar-refractivity contribution in [1.82, 2.24) is 5.32 Å². The zero-order chi connectivity index (χ0) is 31.6. The van der Waals surface area contributed by atoms with Gasteiger partial charge in [-0.1, -0.05) is 33.3 Å². The summed E-state index contributed by atoms with van der Waals surface area (Å²) in [7, 11) is 0. The van der Waals surface area contributed by atoms with Crippen LogP contribution in [0.5, 0.6) is 0 Å². The van der Waals surface area contributed by atoms with Crippen molar-refractivity contribution in [2.75, 3.05) is 12.3 Å². The number of ketones is 1. The number of aliphatic carboxylic acids is 2. The number of aliphatic hydroxyl groups is 1. The number of hydrogen-bond acceptors (Lipinski definition) is 7. The number of hydrogen-bond donors (Lipinski definition) is 4. The number of fused-ring (bicyclic) bond motifs is 7. The van der Waals surface area contributed by atoms with Crippen LogP contribution in [0.4, 0.5) is 0 Å². The van der Waals surface area contributed by atoms with E-state index in [9.17, 15) is 29.7 Å². The van der Waals surface area contributed by atoms with Gasteiger partial charge in [0.1, 0.15) is 5.44 Å². The van der Waals surface area contributed by atoms with Gasteiger partial charge in [-0.15, -0.1) is 11.8 Å². The molecule has 1 saturated heterocycles. The van der Waals surface area contributed by atoms with Gasteiger partial charge in [-0.3, -0.25) is 9.59 Å². The summed E-state index contributed by atoms with van der Waals surface area (Å²) < 4.78 is 5.69. The molecule has 4 saturated carbocycles. The minimum Gasteiger partial charge on any atom is -0.481 e. The maximum atomic E-state index is 14.3. The molecule has 0 spiro atoms. The molecule has 1 aliphatic heterocycles. The van der Waals surface area contributed by atoms with E-state index in [4.69, 9.17) is 4.74 Å². The zero-order valence-electron chi connectivity index (χ0n) is 26.9. The number of carbonyl (C=O) groups is 3. The molecule has 6 rings (SSSR count). The Labute approximate surface area is 266 Å². The molecule has 9 heteroatoms. The van der Waals surface area contributed by atoms with Gasteiger partial charge in [-0.25, -0.2) is 4.79 Å². The van der Waals surface area contributed by atoms with Crippen LogP contribution in [0.25, 0.3) is 0 Å². The van der Waals surface area contributed by atoms with E-state index in [0.29, 0.717) is 42.4 Å². The summed E-state index contributed by atoms with van der Waals surface area (Å²) in [5.41, 5.74) is 0.976. The molecule has 6 aliphatic rings. The monoisotopic (exact) mass is 631 g/mol. The number of nitrogens with one attached hydrogen (secondary N) is 1. The highest BCUT2D eigenvalue weighted by Crippen LogP contribution is 2.69. The summed E-state index contributed by atoms with van der Waals surface area (Å²) in [6.07, 6.45) is 9.90. The quantitative estimate of drug-likeness (QED) is 0.268. The predicted molar refractivity (Wildman–Crippen MR) is 169 cm³/mol. The zero-order valence-corrected chi connectivity index (χ0v) is 27.7. The summed E-state index contributed by atoms with van der Waals surface area (Å²) in [6.45, 7) is 10.3. The third-order valence-corrected chi connectivity index (χ3v) is 14.9. The van der Waals surface area contributed by atoms with Crippen molar-refractivity contribution < 1.29 is 34.4 Å². The number of carbonyl (C=O) groups excluding carboxylic acids is 1. The van der Waals surface area contributed by atoms with Gasteiger partial charge in [-0.2, -0.15) is 0 Å². The number of rotatable bonds is 7. The van der Waals surface area contributed by atoms with Crippen LogP contribution in [-0.4, -0.2) is 69.0 Å². The first-order valence-corrected chi connectivity index (χ1v) is 18.2. The molecule has 0 aromatic heterocycles. The van der Waals surface area contributed by atoms with Crippen LogP contribution >= 0.6 is 11.8 Å². The Morgan fingerprint density at radius 2 is 1.68 bits per heavy atom. The average Bonchev–Trinajstić information content (AvgIpc) is 2.95. The number of allylic oxidation sites excluding steroid dienone is 2. The van der Waals surface area contributed by atoms with E-state index >= 15 is 0 Å². The Morgan fingerprint density at radius 1 is 0.955 bits per heavy atom. The number of thioether (sulfide) groups is 1. The first-order chi connectivity index (χ1) is 20.8. The first-order valence-electron chi connectivity index (χ1n) is 17.2. The minimum atomic E-state index is -1.01. The van der Waals surface area contributed by atoms with Crippen molar-refractivity contribution in [3.63, 3.8) is 0 Å². The maximum absolute atomic E-state index is 14.3. The van der Waals surface area contributed by atoms with E-state index in [1.54, 1.807) is 11.8 Å². The van der Waals surface area contributed by atoms with Crippen molar-refractivity contribution in [3.05, 3.63) is 11.6 Å². The first kappa shape index (κ1) is 32.5. The van der Waals surface area contributed by atoms with Gasteiger partial charge in [0.05, 0.1) is 12.0 Å². The number of aliphatic hydroxyl groups excluding tert-OH is 1. The van der Waals surface area contributed by atoms with Crippen molar-refractivity contribution in [2.45, 2.75) is 122 Å².